The van der Waals surface area contributed by atoms with Gasteiger partial charge in [-0.05, 0) is 47.7 Å². The molecule has 0 spiro atoms. The maximum atomic E-state index is 3.53. The first-order valence-electron chi connectivity index (χ1n) is 7.08. The minimum absolute atomic E-state index is 0.724. The lowest BCUT2D eigenvalue weighted by atomic mass is 9.78. The molecule has 0 aliphatic carbocycles. The van der Waals surface area contributed by atoms with Crippen LogP contribution in [0.1, 0.15) is 31.2 Å². The zero-order valence-corrected chi connectivity index (χ0v) is 11.0. The largest absolute Gasteiger partial charge is 0.316 e. The number of hydrogen-bond acceptors (Lipinski definition) is 1. The van der Waals surface area contributed by atoms with Crippen LogP contribution < -0.4 is 5.32 Å². The molecule has 1 aliphatic heterocycles. The van der Waals surface area contributed by atoms with E-state index in [4.69, 9.17) is 0 Å². The first-order chi connectivity index (χ1) is 8.90. The van der Waals surface area contributed by atoms with Crippen LogP contribution in [0.4, 0.5) is 0 Å². The van der Waals surface area contributed by atoms with Gasteiger partial charge in [-0.2, -0.15) is 0 Å². The molecule has 2 aromatic rings. The van der Waals surface area contributed by atoms with Crippen molar-refractivity contribution in [2.45, 2.75) is 25.7 Å². The van der Waals surface area contributed by atoms with E-state index < -0.39 is 0 Å². The zero-order valence-electron chi connectivity index (χ0n) is 11.0. The van der Waals surface area contributed by atoms with Gasteiger partial charge in [0.25, 0.3) is 0 Å². The number of fused-ring (bicyclic) bond motifs is 1. The fourth-order valence-electron chi connectivity index (χ4n) is 3.34. The van der Waals surface area contributed by atoms with Crippen LogP contribution in [0.5, 0.6) is 0 Å². The quantitative estimate of drug-likeness (QED) is 0.837. The molecule has 2 unspecified atom stereocenters. The Morgan fingerprint density at radius 1 is 1.11 bits per heavy atom. The Morgan fingerprint density at radius 3 is 2.83 bits per heavy atom. The maximum Gasteiger partial charge on any atom is -0.00148 e. The van der Waals surface area contributed by atoms with Gasteiger partial charge in [0.15, 0.2) is 0 Å². The van der Waals surface area contributed by atoms with Crippen molar-refractivity contribution in [3.8, 4) is 0 Å². The van der Waals surface area contributed by atoms with Crippen molar-refractivity contribution in [2.24, 2.45) is 5.92 Å². The predicted octanol–water partition coefficient (Wildman–Crippen LogP) is 3.94. The zero-order chi connectivity index (χ0) is 12.4. The predicted molar refractivity (Wildman–Crippen MR) is 78.0 cm³/mol. The number of rotatable bonds is 2. The van der Waals surface area contributed by atoms with Gasteiger partial charge in [0, 0.05) is 0 Å². The van der Waals surface area contributed by atoms with Crippen molar-refractivity contribution in [2.75, 3.05) is 13.1 Å². The molecule has 0 amide bonds. The lowest BCUT2D eigenvalue weighted by molar-refractivity contribution is 0.319. The molecule has 0 aromatic heterocycles. The fraction of sp³-hybridized carbons (Fsp3) is 0.412. The summed E-state index contributed by atoms with van der Waals surface area (Å²) in [5.74, 6) is 1.51. The van der Waals surface area contributed by atoms with Crippen molar-refractivity contribution in [1.29, 1.82) is 0 Å². The second-order valence-corrected chi connectivity index (χ2v) is 5.34. The van der Waals surface area contributed by atoms with Crippen LogP contribution in [0, 0.1) is 5.92 Å². The van der Waals surface area contributed by atoms with Crippen LogP contribution in [-0.4, -0.2) is 13.1 Å². The average molecular weight is 239 g/mol. The summed E-state index contributed by atoms with van der Waals surface area (Å²) in [4.78, 5) is 0. The Labute approximate surface area is 109 Å². The molecular formula is C17H21N. The minimum atomic E-state index is 0.724. The fourth-order valence-corrected chi connectivity index (χ4v) is 3.34. The molecule has 1 nitrogen and oxygen atoms in total. The van der Waals surface area contributed by atoms with Crippen LogP contribution in [0.2, 0.25) is 0 Å². The first-order valence-corrected chi connectivity index (χ1v) is 7.08. The van der Waals surface area contributed by atoms with Gasteiger partial charge in [-0.25, -0.2) is 0 Å². The summed E-state index contributed by atoms with van der Waals surface area (Å²) in [6.07, 6.45) is 2.54. The Morgan fingerprint density at radius 2 is 1.94 bits per heavy atom. The molecule has 94 valence electrons. The molecule has 0 bridgehead atoms. The molecule has 1 aliphatic rings. The highest BCUT2D eigenvalue weighted by atomic mass is 14.9. The summed E-state index contributed by atoms with van der Waals surface area (Å²) in [5.41, 5.74) is 1.56. The molecule has 2 atom stereocenters. The normalized spacial score (nSPS) is 24.3. The summed E-state index contributed by atoms with van der Waals surface area (Å²) in [6.45, 7) is 4.64. The molecule has 3 rings (SSSR count). The summed E-state index contributed by atoms with van der Waals surface area (Å²) in [7, 11) is 0. The van der Waals surface area contributed by atoms with E-state index in [2.05, 4.69) is 54.7 Å². The van der Waals surface area contributed by atoms with E-state index in [1.54, 1.807) is 5.56 Å². The average Bonchev–Trinajstić information content (AvgIpc) is 2.46. The summed E-state index contributed by atoms with van der Waals surface area (Å²) >= 11 is 0. The van der Waals surface area contributed by atoms with E-state index in [9.17, 15) is 0 Å². The second kappa shape index (κ2) is 5.11. The van der Waals surface area contributed by atoms with Crippen molar-refractivity contribution in [3.63, 3.8) is 0 Å². The molecule has 1 N–H and O–H groups in total. The van der Waals surface area contributed by atoms with Crippen LogP contribution >= 0.6 is 0 Å². The van der Waals surface area contributed by atoms with E-state index in [0.717, 1.165) is 18.4 Å². The van der Waals surface area contributed by atoms with Crippen LogP contribution in [0.3, 0.4) is 0 Å². The molecule has 1 saturated heterocycles. The van der Waals surface area contributed by atoms with Crippen molar-refractivity contribution >= 4 is 10.8 Å². The van der Waals surface area contributed by atoms with Gasteiger partial charge in [-0.1, -0.05) is 55.8 Å². The highest BCUT2D eigenvalue weighted by molar-refractivity contribution is 5.86. The number of piperidine rings is 1. The molecule has 18 heavy (non-hydrogen) atoms. The molecule has 1 heterocycles. The Hall–Kier alpha value is -1.34. The number of benzene rings is 2. The van der Waals surface area contributed by atoms with E-state index >= 15 is 0 Å². The van der Waals surface area contributed by atoms with Crippen LogP contribution in [0.25, 0.3) is 10.8 Å². The van der Waals surface area contributed by atoms with Gasteiger partial charge in [0.2, 0.25) is 0 Å². The van der Waals surface area contributed by atoms with Crippen LogP contribution in [-0.2, 0) is 0 Å². The highest BCUT2D eigenvalue weighted by Gasteiger charge is 2.25. The SMILES string of the molecule is CCC1CNCCC1c1cccc2ccccc12. The minimum Gasteiger partial charge on any atom is -0.316 e. The molecule has 2 aromatic carbocycles. The molecule has 1 heteroatoms. The van der Waals surface area contributed by atoms with Gasteiger partial charge in [-0.15, -0.1) is 0 Å². The standard InChI is InChI=1S/C17H21N/c1-2-13-12-18-11-10-16(13)17-9-5-7-14-6-3-4-8-15(14)17/h3-9,13,16,18H,2,10-12H2,1H3. The Bertz CT molecular complexity index is 527. The lowest BCUT2D eigenvalue weighted by Crippen LogP contribution is -2.35. The summed E-state index contributed by atoms with van der Waals surface area (Å²) < 4.78 is 0. The highest BCUT2D eigenvalue weighted by Crippen LogP contribution is 2.36. The monoisotopic (exact) mass is 239 g/mol. The van der Waals surface area contributed by atoms with Gasteiger partial charge >= 0.3 is 0 Å². The molecule has 0 saturated carbocycles. The molecule has 1 fully saturated rings. The van der Waals surface area contributed by atoms with Crippen molar-refractivity contribution in [1.82, 2.24) is 5.32 Å². The maximum absolute atomic E-state index is 3.53. The molecule has 0 radical (unpaired) electrons. The van der Waals surface area contributed by atoms with Crippen molar-refractivity contribution < 1.29 is 0 Å². The first kappa shape index (κ1) is 11.7. The third-order valence-electron chi connectivity index (χ3n) is 4.35. The van der Waals surface area contributed by atoms with E-state index in [1.807, 2.05) is 0 Å². The van der Waals surface area contributed by atoms with Gasteiger partial charge in [-0.3, -0.25) is 0 Å². The Kier molecular flexibility index (Phi) is 3.33. The smallest absolute Gasteiger partial charge is 0.00148 e. The van der Waals surface area contributed by atoms with Gasteiger partial charge in [0.1, 0.15) is 0 Å². The lowest BCUT2D eigenvalue weighted by Gasteiger charge is -2.32. The van der Waals surface area contributed by atoms with Crippen molar-refractivity contribution in [3.05, 3.63) is 48.0 Å². The van der Waals surface area contributed by atoms with E-state index in [-0.39, 0.29) is 0 Å². The summed E-state index contributed by atoms with van der Waals surface area (Å²) in [5, 5.41) is 6.36. The summed E-state index contributed by atoms with van der Waals surface area (Å²) in [6, 6.07) is 15.6. The van der Waals surface area contributed by atoms with Gasteiger partial charge in [0.05, 0.1) is 0 Å². The van der Waals surface area contributed by atoms with E-state index in [0.29, 0.717) is 0 Å². The Balaban J connectivity index is 2.07. The number of hydrogen-bond donors (Lipinski definition) is 1. The third kappa shape index (κ3) is 2.04. The second-order valence-electron chi connectivity index (χ2n) is 5.34. The molecular weight excluding hydrogens is 218 g/mol. The number of nitrogens with one attached hydrogen (secondary N) is 1. The van der Waals surface area contributed by atoms with Crippen LogP contribution in [0.15, 0.2) is 42.5 Å². The third-order valence-corrected chi connectivity index (χ3v) is 4.35. The van der Waals surface area contributed by atoms with E-state index in [1.165, 1.54) is 30.2 Å². The van der Waals surface area contributed by atoms with Gasteiger partial charge < -0.3 is 5.32 Å². The topological polar surface area (TPSA) is 12.0 Å².